The summed E-state index contributed by atoms with van der Waals surface area (Å²) in [5, 5.41) is 5.28. The van der Waals surface area contributed by atoms with Crippen molar-refractivity contribution in [2.45, 2.75) is 12.5 Å². The number of hydrogen-bond donors (Lipinski definition) is 1. The van der Waals surface area contributed by atoms with E-state index in [0.717, 1.165) is 50.6 Å². The molecule has 0 unspecified atom stereocenters. The summed E-state index contributed by atoms with van der Waals surface area (Å²) in [5.41, 5.74) is 0. The Bertz CT molecular complexity index is 402. The van der Waals surface area contributed by atoms with Gasteiger partial charge in [-0.05, 0) is 17.9 Å². The van der Waals surface area contributed by atoms with Gasteiger partial charge in [0.25, 0.3) is 5.91 Å². The molecule has 1 amide bonds. The molecule has 1 N–H and O–H groups in total. The maximum Gasteiger partial charge on any atom is 0.263 e. The van der Waals surface area contributed by atoms with Crippen molar-refractivity contribution in [3.8, 4) is 0 Å². The number of rotatable bonds is 2. The van der Waals surface area contributed by atoms with Gasteiger partial charge >= 0.3 is 0 Å². The first kappa shape index (κ1) is 12.1. The van der Waals surface area contributed by atoms with Crippen molar-refractivity contribution in [2.24, 2.45) is 0 Å². The van der Waals surface area contributed by atoms with Crippen LogP contribution in [0.3, 0.4) is 0 Å². The van der Waals surface area contributed by atoms with Crippen LogP contribution in [0.25, 0.3) is 0 Å². The topological polar surface area (TPSA) is 35.6 Å². The van der Waals surface area contributed by atoms with Crippen molar-refractivity contribution >= 4 is 17.2 Å². The molecule has 2 saturated heterocycles. The Morgan fingerprint density at radius 3 is 2.83 bits per heavy atom. The Morgan fingerprint density at radius 2 is 2.17 bits per heavy atom. The minimum absolute atomic E-state index is 0.207. The molecule has 2 aliphatic rings. The summed E-state index contributed by atoms with van der Waals surface area (Å²) >= 11 is 1.54. The molecular weight excluding hydrogens is 246 g/mol. The third-order valence-corrected chi connectivity index (χ3v) is 4.68. The van der Waals surface area contributed by atoms with Gasteiger partial charge in [-0.15, -0.1) is 11.3 Å². The van der Waals surface area contributed by atoms with Crippen LogP contribution in [0.15, 0.2) is 17.5 Å². The Hall–Kier alpha value is -0.910. The molecule has 4 nitrogen and oxygen atoms in total. The standard InChI is InChI=1S/C13H19N3OS/c17-13(12-3-1-8-18-12)16-5-2-4-15(6-7-16)11-9-14-10-11/h1,3,8,11,14H,2,4-7,9-10H2. The number of nitrogens with zero attached hydrogens (tertiary/aromatic N) is 2. The monoisotopic (exact) mass is 265 g/mol. The normalized spacial score (nSPS) is 22.6. The Morgan fingerprint density at radius 1 is 1.28 bits per heavy atom. The van der Waals surface area contributed by atoms with Gasteiger partial charge in [-0.1, -0.05) is 6.07 Å². The van der Waals surface area contributed by atoms with Crippen LogP contribution in [0.1, 0.15) is 16.1 Å². The molecular formula is C13H19N3OS. The summed E-state index contributed by atoms with van der Waals surface area (Å²) in [6.45, 7) is 6.13. The minimum Gasteiger partial charge on any atom is -0.337 e. The zero-order valence-electron chi connectivity index (χ0n) is 10.5. The fraction of sp³-hybridized carbons (Fsp3) is 0.615. The third-order valence-electron chi connectivity index (χ3n) is 3.83. The lowest BCUT2D eigenvalue weighted by molar-refractivity contribution is 0.0758. The highest BCUT2D eigenvalue weighted by Crippen LogP contribution is 2.15. The maximum atomic E-state index is 12.3. The second-order valence-electron chi connectivity index (χ2n) is 4.97. The molecule has 0 atom stereocenters. The molecule has 98 valence electrons. The Labute approximate surface area is 112 Å². The van der Waals surface area contributed by atoms with Crippen LogP contribution in [0.4, 0.5) is 0 Å². The van der Waals surface area contributed by atoms with Crippen LogP contribution in [0, 0.1) is 0 Å². The van der Waals surface area contributed by atoms with Crippen molar-refractivity contribution in [3.05, 3.63) is 22.4 Å². The van der Waals surface area contributed by atoms with E-state index < -0.39 is 0 Å². The van der Waals surface area contributed by atoms with E-state index in [2.05, 4.69) is 10.2 Å². The van der Waals surface area contributed by atoms with Crippen LogP contribution < -0.4 is 5.32 Å². The van der Waals surface area contributed by atoms with E-state index in [0.29, 0.717) is 6.04 Å². The van der Waals surface area contributed by atoms with Gasteiger partial charge in [0.2, 0.25) is 0 Å². The zero-order chi connectivity index (χ0) is 12.4. The van der Waals surface area contributed by atoms with E-state index in [4.69, 9.17) is 0 Å². The lowest BCUT2D eigenvalue weighted by Gasteiger charge is -2.37. The second kappa shape index (κ2) is 5.38. The van der Waals surface area contributed by atoms with E-state index in [1.807, 2.05) is 22.4 Å². The third kappa shape index (κ3) is 2.43. The summed E-state index contributed by atoms with van der Waals surface area (Å²) in [5.74, 6) is 0.207. The highest BCUT2D eigenvalue weighted by molar-refractivity contribution is 7.12. The molecule has 5 heteroatoms. The fourth-order valence-corrected chi connectivity index (χ4v) is 3.28. The van der Waals surface area contributed by atoms with Gasteiger partial charge in [0.15, 0.2) is 0 Å². The Balaban J connectivity index is 1.60. The smallest absolute Gasteiger partial charge is 0.263 e. The van der Waals surface area contributed by atoms with Gasteiger partial charge in [-0.2, -0.15) is 0 Å². The Kier molecular flexibility index (Phi) is 3.63. The molecule has 18 heavy (non-hydrogen) atoms. The van der Waals surface area contributed by atoms with Crippen LogP contribution >= 0.6 is 11.3 Å². The summed E-state index contributed by atoms with van der Waals surface area (Å²) < 4.78 is 0. The number of carbonyl (C=O) groups is 1. The number of hydrogen-bond acceptors (Lipinski definition) is 4. The molecule has 0 saturated carbocycles. The van der Waals surface area contributed by atoms with Crippen LogP contribution in [0.2, 0.25) is 0 Å². The van der Waals surface area contributed by atoms with Crippen LogP contribution in [0.5, 0.6) is 0 Å². The fourth-order valence-electron chi connectivity index (χ4n) is 2.59. The maximum absolute atomic E-state index is 12.3. The van der Waals surface area contributed by atoms with Crippen LogP contribution in [-0.2, 0) is 0 Å². The van der Waals surface area contributed by atoms with Gasteiger partial charge in [0.05, 0.1) is 4.88 Å². The van der Waals surface area contributed by atoms with Crippen LogP contribution in [-0.4, -0.2) is 61.0 Å². The lowest BCUT2D eigenvalue weighted by atomic mass is 10.1. The highest BCUT2D eigenvalue weighted by Gasteiger charge is 2.27. The molecule has 1 aromatic heterocycles. The van der Waals surface area contributed by atoms with Crippen molar-refractivity contribution in [1.29, 1.82) is 0 Å². The largest absolute Gasteiger partial charge is 0.337 e. The second-order valence-corrected chi connectivity index (χ2v) is 5.92. The lowest BCUT2D eigenvalue weighted by Crippen LogP contribution is -2.57. The summed E-state index contributed by atoms with van der Waals surface area (Å²) in [6, 6.07) is 4.56. The van der Waals surface area contributed by atoms with Gasteiger partial charge < -0.3 is 10.2 Å². The minimum atomic E-state index is 0.207. The number of thiophene rings is 1. The van der Waals surface area contributed by atoms with Gasteiger partial charge in [0.1, 0.15) is 0 Å². The van der Waals surface area contributed by atoms with E-state index in [-0.39, 0.29) is 5.91 Å². The van der Waals surface area contributed by atoms with E-state index in [1.165, 1.54) is 11.3 Å². The SMILES string of the molecule is O=C(c1cccs1)N1CCCN(C2CNC2)CC1. The molecule has 0 aromatic carbocycles. The molecule has 0 aliphatic carbocycles. The van der Waals surface area contributed by atoms with Crippen molar-refractivity contribution in [3.63, 3.8) is 0 Å². The molecule has 3 rings (SSSR count). The quantitative estimate of drug-likeness (QED) is 0.862. The molecule has 0 bridgehead atoms. The predicted octanol–water partition coefficient (Wildman–Crippen LogP) is 0.868. The first-order chi connectivity index (χ1) is 8.84. The average Bonchev–Trinajstić information content (AvgIpc) is 2.74. The molecule has 3 heterocycles. The van der Waals surface area contributed by atoms with E-state index >= 15 is 0 Å². The first-order valence-electron chi connectivity index (χ1n) is 6.62. The van der Waals surface area contributed by atoms with Crippen molar-refractivity contribution in [1.82, 2.24) is 15.1 Å². The van der Waals surface area contributed by atoms with Crippen molar-refractivity contribution < 1.29 is 4.79 Å². The number of carbonyl (C=O) groups excluding carboxylic acids is 1. The predicted molar refractivity (Wildman–Crippen MR) is 73.1 cm³/mol. The van der Waals surface area contributed by atoms with Gasteiger partial charge in [-0.25, -0.2) is 0 Å². The van der Waals surface area contributed by atoms with E-state index in [9.17, 15) is 4.79 Å². The molecule has 0 radical (unpaired) electrons. The number of nitrogens with one attached hydrogen (secondary N) is 1. The van der Waals surface area contributed by atoms with E-state index in [1.54, 1.807) is 0 Å². The van der Waals surface area contributed by atoms with Gasteiger partial charge in [0, 0.05) is 45.3 Å². The summed E-state index contributed by atoms with van der Waals surface area (Å²) in [4.78, 5) is 17.7. The average molecular weight is 265 g/mol. The first-order valence-corrected chi connectivity index (χ1v) is 7.50. The van der Waals surface area contributed by atoms with Gasteiger partial charge in [-0.3, -0.25) is 9.69 Å². The summed E-state index contributed by atoms with van der Waals surface area (Å²) in [6.07, 6.45) is 1.09. The highest BCUT2D eigenvalue weighted by atomic mass is 32.1. The number of amides is 1. The van der Waals surface area contributed by atoms with Crippen molar-refractivity contribution in [2.75, 3.05) is 39.3 Å². The summed E-state index contributed by atoms with van der Waals surface area (Å²) in [7, 11) is 0. The molecule has 2 fully saturated rings. The molecule has 1 aromatic rings. The zero-order valence-corrected chi connectivity index (χ0v) is 11.3. The molecule has 0 spiro atoms. The molecule has 2 aliphatic heterocycles.